The first kappa shape index (κ1) is 26.4. The zero-order valence-corrected chi connectivity index (χ0v) is 22.7. The van der Waals surface area contributed by atoms with Gasteiger partial charge in [0.1, 0.15) is 5.56 Å². The molecule has 2 heterocycles. The van der Waals surface area contributed by atoms with Gasteiger partial charge in [-0.05, 0) is 73.8 Å². The van der Waals surface area contributed by atoms with Crippen molar-refractivity contribution in [3.8, 4) is 0 Å². The SMILES string of the molecule is C[C@@H]1CCCC[C@H]1n1cc(C(N)=O)c(Nc2ccc(S(=O)(=O)N3CCC(Cc4ccccc4)CC3)cc2)n1. The molecule has 0 bridgehead atoms. The van der Waals surface area contributed by atoms with Crippen LogP contribution in [0, 0.1) is 11.8 Å². The van der Waals surface area contributed by atoms with Crippen LogP contribution in [0.5, 0.6) is 0 Å². The number of amides is 1. The summed E-state index contributed by atoms with van der Waals surface area (Å²) < 4.78 is 30.1. The lowest BCUT2D eigenvalue weighted by atomic mass is 9.86. The Kier molecular flexibility index (Phi) is 7.85. The first-order valence-corrected chi connectivity index (χ1v) is 15.1. The van der Waals surface area contributed by atoms with E-state index >= 15 is 0 Å². The van der Waals surface area contributed by atoms with Gasteiger partial charge in [0.15, 0.2) is 5.82 Å². The number of nitrogens with zero attached hydrogens (tertiary/aromatic N) is 3. The van der Waals surface area contributed by atoms with Crippen LogP contribution in [0.15, 0.2) is 65.7 Å². The van der Waals surface area contributed by atoms with Gasteiger partial charge in [0.05, 0.1) is 10.9 Å². The predicted octanol–water partition coefficient (Wildman–Crippen LogP) is 5.12. The fourth-order valence-electron chi connectivity index (χ4n) is 5.82. The Morgan fingerprint density at radius 1 is 1.00 bits per heavy atom. The lowest BCUT2D eigenvalue weighted by molar-refractivity contribution is 0.100. The maximum Gasteiger partial charge on any atom is 0.254 e. The maximum atomic E-state index is 13.3. The third-order valence-electron chi connectivity index (χ3n) is 8.10. The van der Waals surface area contributed by atoms with Crippen molar-refractivity contribution in [2.75, 3.05) is 18.4 Å². The number of sulfonamides is 1. The van der Waals surface area contributed by atoms with Crippen molar-refractivity contribution in [3.05, 3.63) is 71.9 Å². The fraction of sp³-hybridized carbons (Fsp3) is 0.448. The highest BCUT2D eigenvalue weighted by molar-refractivity contribution is 7.89. The summed E-state index contributed by atoms with van der Waals surface area (Å²) >= 11 is 0. The van der Waals surface area contributed by atoms with Crippen LogP contribution in [0.2, 0.25) is 0 Å². The molecule has 3 aromatic rings. The van der Waals surface area contributed by atoms with E-state index in [4.69, 9.17) is 5.73 Å². The minimum Gasteiger partial charge on any atom is -0.365 e. The molecule has 2 atom stereocenters. The number of carbonyl (C=O) groups excluding carboxylic acids is 1. The Bertz CT molecular complexity index is 1350. The Labute approximate surface area is 225 Å². The van der Waals surface area contributed by atoms with Crippen LogP contribution >= 0.6 is 0 Å². The minimum atomic E-state index is -3.57. The Morgan fingerprint density at radius 2 is 1.68 bits per heavy atom. The first-order chi connectivity index (χ1) is 18.3. The van der Waals surface area contributed by atoms with Crippen LogP contribution in [0.4, 0.5) is 11.5 Å². The average Bonchev–Trinajstić information content (AvgIpc) is 3.34. The lowest BCUT2D eigenvalue weighted by Crippen LogP contribution is -2.38. The van der Waals surface area contributed by atoms with Crippen LogP contribution < -0.4 is 11.1 Å². The number of hydrogen-bond donors (Lipinski definition) is 2. The predicted molar refractivity (Wildman–Crippen MR) is 149 cm³/mol. The van der Waals surface area contributed by atoms with Crippen molar-refractivity contribution in [2.24, 2.45) is 17.6 Å². The van der Waals surface area contributed by atoms with E-state index in [-0.39, 0.29) is 10.9 Å². The Morgan fingerprint density at radius 3 is 2.34 bits per heavy atom. The van der Waals surface area contributed by atoms with Crippen LogP contribution in [-0.4, -0.2) is 41.5 Å². The topological polar surface area (TPSA) is 110 Å². The molecule has 0 spiro atoms. The largest absolute Gasteiger partial charge is 0.365 e. The number of rotatable bonds is 8. The normalized spacial score (nSPS) is 21.3. The van der Waals surface area contributed by atoms with Gasteiger partial charge in [-0.25, -0.2) is 8.42 Å². The van der Waals surface area contributed by atoms with Crippen molar-refractivity contribution in [3.63, 3.8) is 0 Å². The van der Waals surface area contributed by atoms with Crippen molar-refractivity contribution in [2.45, 2.75) is 62.8 Å². The molecule has 2 fully saturated rings. The molecular weight excluding hydrogens is 498 g/mol. The second-order valence-corrected chi connectivity index (χ2v) is 12.7. The third kappa shape index (κ3) is 5.78. The van der Waals surface area contributed by atoms with E-state index < -0.39 is 15.9 Å². The number of piperidine rings is 1. The second-order valence-electron chi connectivity index (χ2n) is 10.8. The number of nitrogens with one attached hydrogen (secondary N) is 1. The summed E-state index contributed by atoms with van der Waals surface area (Å²) in [5.41, 5.74) is 7.93. The minimum absolute atomic E-state index is 0.238. The zero-order chi connectivity index (χ0) is 26.7. The molecule has 2 aliphatic rings. The molecule has 1 aliphatic carbocycles. The molecule has 1 aromatic heterocycles. The summed E-state index contributed by atoms with van der Waals surface area (Å²) in [7, 11) is -3.57. The molecule has 3 N–H and O–H groups in total. The third-order valence-corrected chi connectivity index (χ3v) is 10.0. The zero-order valence-electron chi connectivity index (χ0n) is 21.9. The standard InChI is InChI=1S/C29H37N5O3S/c1-21-7-5-6-10-27(21)34-20-26(28(30)35)29(32-34)31-24-11-13-25(14-12-24)38(36,37)33-17-15-23(16-18-33)19-22-8-3-2-4-9-22/h2-4,8-9,11-14,20-21,23,27H,5-7,10,15-19H2,1H3,(H2,30,35)(H,31,32)/t21-,27-/m1/s1. The van der Waals surface area contributed by atoms with Crippen molar-refractivity contribution < 1.29 is 13.2 Å². The molecule has 0 radical (unpaired) electrons. The molecule has 5 rings (SSSR count). The summed E-state index contributed by atoms with van der Waals surface area (Å²) in [4.78, 5) is 12.4. The van der Waals surface area contributed by atoms with Gasteiger partial charge in [-0.15, -0.1) is 0 Å². The van der Waals surface area contributed by atoms with E-state index in [9.17, 15) is 13.2 Å². The van der Waals surface area contributed by atoms with E-state index in [0.717, 1.165) is 38.5 Å². The van der Waals surface area contributed by atoms with Gasteiger partial charge in [-0.1, -0.05) is 50.1 Å². The summed E-state index contributed by atoms with van der Waals surface area (Å²) in [5.74, 6) is 0.819. The first-order valence-electron chi connectivity index (χ1n) is 13.6. The average molecular weight is 536 g/mol. The number of benzene rings is 2. The van der Waals surface area contributed by atoms with Gasteiger partial charge in [0.2, 0.25) is 10.0 Å². The summed E-state index contributed by atoms with van der Waals surface area (Å²) in [5, 5.41) is 7.83. The smallest absolute Gasteiger partial charge is 0.254 e. The number of anilines is 2. The number of nitrogens with two attached hydrogens (primary N) is 1. The molecular formula is C29H37N5O3S. The molecule has 38 heavy (non-hydrogen) atoms. The number of hydrogen-bond acceptors (Lipinski definition) is 5. The van der Waals surface area contributed by atoms with Gasteiger partial charge in [0.25, 0.3) is 5.91 Å². The Hall–Kier alpha value is -3.17. The number of carbonyl (C=O) groups is 1. The number of primary amides is 1. The fourth-order valence-corrected chi connectivity index (χ4v) is 7.29. The molecule has 202 valence electrons. The molecule has 2 aromatic carbocycles. The van der Waals surface area contributed by atoms with Gasteiger partial charge >= 0.3 is 0 Å². The van der Waals surface area contributed by atoms with Gasteiger partial charge < -0.3 is 11.1 Å². The second kappa shape index (κ2) is 11.3. The molecule has 0 unspecified atom stereocenters. The molecule has 1 saturated carbocycles. The Balaban J connectivity index is 1.24. The van der Waals surface area contributed by atoms with E-state index in [2.05, 4.69) is 29.5 Å². The van der Waals surface area contributed by atoms with Gasteiger partial charge in [-0.3, -0.25) is 9.48 Å². The van der Waals surface area contributed by atoms with Crippen LogP contribution in [-0.2, 0) is 16.4 Å². The molecule has 1 amide bonds. The van der Waals surface area contributed by atoms with Gasteiger partial charge in [0, 0.05) is 25.0 Å². The van der Waals surface area contributed by atoms with E-state index in [1.807, 2.05) is 22.9 Å². The van der Waals surface area contributed by atoms with Crippen molar-refractivity contribution >= 4 is 27.4 Å². The van der Waals surface area contributed by atoms with Gasteiger partial charge in [-0.2, -0.15) is 9.40 Å². The monoisotopic (exact) mass is 535 g/mol. The highest BCUT2D eigenvalue weighted by Crippen LogP contribution is 2.34. The lowest BCUT2D eigenvalue weighted by Gasteiger charge is -2.31. The van der Waals surface area contributed by atoms with E-state index in [1.54, 1.807) is 34.8 Å². The highest BCUT2D eigenvalue weighted by atomic mass is 32.2. The summed E-state index contributed by atoms with van der Waals surface area (Å²) in [6, 6.07) is 17.2. The van der Waals surface area contributed by atoms with E-state index in [0.29, 0.717) is 42.0 Å². The molecule has 9 heteroatoms. The quantitative estimate of drug-likeness (QED) is 0.416. The van der Waals surface area contributed by atoms with Crippen LogP contribution in [0.25, 0.3) is 0 Å². The van der Waals surface area contributed by atoms with Crippen LogP contribution in [0.1, 0.15) is 67.4 Å². The summed E-state index contributed by atoms with van der Waals surface area (Å²) in [6.45, 7) is 3.27. The van der Waals surface area contributed by atoms with E-state index in [1.165, 1.54) is 12.0 Å². The molecule has 1 saturated heterocycles. The summed E-state index contributed by atoms with van der Waals surface area (Å²) in [6.07, 6.45) is 8.95. The maximum absolute atomic E-state index is 13.3. The highest BCUT2D eigenvalue weighted by Gasteiger charge is 2.30. The van der Waals surface area contributed by atoms with Crippen molar-refractivity contribution in [1.82, 2.24) is 14.1 Å². The van der Waals surface area contributed by atoms with Crippen LogP contribution in [0.3, 0.4) is 0 Å². The molecule has 8 nitrogen and oxygen atoms in total. The number of aromatic nitrogens is 2. The van der Waals surface area contributed by atoms with Crippen molar-refractivity contribution in [1.29, 1.82) is 0 Å². The molecule has 1 aliphatic heterocycles.